The molecule has 0 spiro atoms. The van der Waals surface area contributed by atoms with E-state index in [1.165, 1.54) is 0 Å². The van der Waals surface area contributed by atoms with Gasteiger partial charge in [0, 0.05) is 26.4 Å². The molecule has 2 aliphatic heterocycles. The second-order valence-corrected chi connectivity index (χ2v) is 5.08. The van der Waals surface area contributed by atoms with Crippen LogP contribution in [0.3, 0.4) is 0 Å². The van der Waals surface area contributed by atoms with Crippen molar-refractivity contribution in [1.29, 1.82) is 0 Å². The molecule has 1 fully saturated rings. The first kappa shape index (κ1) is 13.2. The van der Waals surface area contributed by atoms with Gasteiger partial charge in [0.15, 0.2) is 11.5 Å². The van der Waals surface area contributed by atoms with Crippen LogP contribution in [-0.4, -0.2) is 43.4 Å². The van der Waals surface area contributed by atoms with Crippen molar-refractivity contribution < 1.29 is 19.0 Å². The smallest absolute Gasteiger partial charge is 0.238 e. The molecule has 2 aliphatic rings. The number of carbonyl (C=O) groups is 1. The minimum atomic E-state index is -0.227. The molecule has 0 saturated carbocycles. The number of nitrogens with zero attached hydrogens (tertiary/aromatic N) is 1. The third-order valence-electron chi connectivity index (χ3n) is 3.59. The van der Waals surface area contributed by atoms with Gasteiger partial charge < -0.3 is 19.1 Å². The largest absolute Gasteiger partial charge is 0.451 e. The Hall–Kier alpha value is -1.75. The third-order valence-corrected chi connectivity index (χ3v) is 3.59. The molecule has 1 amide bonds. The van der Waals surface area contributed by atoms with Crippen LogP contribution in [-0.2, 0) is 16.0 Å². The molecule has 1 unspecified atom stereocenters. The lowest BCUT2D eigenvalue weighted by molar-refractivity contribution is -0.135. The first-order chi connectivity index (χ1) is 9.72. The molecule has 2 heterocycles. The van der Waals surface area contributed by atoms with E-state index in [-0.39, 0.29) is 12.2 Å². The maximum Gasteiger partial charge on any atom is 0.238 e. The van der Waals surface area contributed by atoms with Gasteiger partial charge in [-0.25, -0.2) is 0 Å². The summed E-state index contributed by atoms with van der Waals surface area (Å²) in [6.07, 6.45) is 1.02. The zero-order valence-electron chi connectivity index (χ0n) is 11.6. The SMILES string of the molecule is CC1Oc2ccc(CCC(=O)N3CCOCC3)cc2O1. The Kier molecular flexibility index (Phi) is 3.78. The molecule has 0 aromatic heterocycles. The van der Waals surface area contributed by atoms with Gasteiger partial charge in [-0.3, -0.25) is 4.79 Å². The highest BCUT2D eigenvalue weighted by Gasteiger charge is 2.21. The maximum atomic E-state index is 12.1. The average Bonchev–Trinajstić information content (AvgIpc) is 2.85. The van der Waals surface area contributed by atoms with Crippen LogP contribution in [0.2, 0.25) is 0 Å². The summed E-state index contributed by atoms with van der Waals surface area (Å²) >= 11 is 0. The van der Waals surface area contributed by atoms with Gasteiger partial charge in [0.2, 0.25) is 12.2 Å². The van der Waals surface area contributed by atoms with Crippen molar-refractivity contribution in [2.24, 2.45) is 0 Å². The molecule has 108 valence electrons. The van der Waals surface area contributed by atoms with Crippen molar-refractivity contribution in [2.45, 2.75) is 26.1 Å². The normalized spacial score (nSPS) is 21.1. The highest BCUT2D eigenvalue weighted by Crippen LogP contribution is 2.35. The fraction of sp³-hybridized carbons (Fsp3) is 0.533. The zero-order chi connectivity index (χ0) is 13.9. The van der Waals surface area contributed by atoms with Gasteiger partial charge in [0.1, 0.15) is 0 Å². The zero-order valence-corrected chi connectivity index (χ0v) is 11.6. The molecule has 5 nitrogen and oxygen atoms in total. The topological polar surface area (TPSA) is 48.0 Å². The summed E-state index contributed by atoms with van der Waals surface area (Å²) in [5.41, 5.74) is 1.10. The van der Waals surface area contributed by atoms with Crippen molar-refractivity contribution in [3.05, 3.63) is 23.8 Å². The summed E-state index contributed by atoms with van der Waals surface area (Å²) in [5.74, 6) is 1.74. The maximum absolute atomic E-state index is 12.1. The number of rotatable bonds is 3. The van der Waals surface area contributed by atoms with Crippen LogP contribution in [0.5, 0.6) is 11.5 Å². The van der Waals surface area contributed by atoms with Gasteiger partial charge in [-0.05, 0) is 24.1 Å². The van der Waals surface area contributed by atoms with Crippen LogP contribution in [0.25, 0.3) is 0 Å². The highest BCUT2D eigenvalue weighted by molar-refractivity contribution is 5.76. The molecule has 1 saturated heterocycles. The predicted octanol–water partition coefficient (Wildman–Crippen LogP) is 1.60. The molecular formula is C15H19NO4. The van der Waals surface area contributed by atoms with Gasteiger partial charge in [-0.1, -0.05) is 6.07 Å². The molecule has 1 aromatic carbocycles. The molecular weight excluding hydrogens is 258 g/mol. The number of aryl methyl sites for hydroxylation is 1. The minimum Gasteiger partial charge on any atom is -0.451 e. The lowest BCUT2D eigenvalue weighted by Gasteiger charge is -2.26. The Morgan fingerprint density at radius 1 is 1.25 bits per heavy atom. The number of carbonyl (C=O) groups excluding carboxylic acids is 1. The van der Waals surface area contributed by atoms with Gasteiger partial charge in [-0.2, -0.15) is 0 Å². The molecule has 5 heteroatoms. The third kappa shape index (κ3) is 2.88. The van der Waals surface area contributed by atoms with Crippen LogP contribution in [0, 0.1) is 0 Å². The van der Waals surface area contributed by atoms with E-state index in [2.05, 4.69) is 0 Å². The van der Waals surface area contributed by atoms with E-state index >= 15 is 0 Å². The fourth-order valence-corrected chi connectivity index (χ4v) is 2.50. The lowest BCUT2D eigenvalue weighted by Crippen LogP contribution is -2.40. The second kappa shape index (κ2) is 5.71. The number of hydrogen-bond acceptors (Lipinski definition) is 4. The molecule has 1 atom stereocenters. The minimum absolute atomic E-state index is 0.194. The van der Waals surface area contributed by atoms with Crippen LogP contribution < -0.4 is 9.47 Å². The van der Waals surface area contributed by atoms with Crippen molar-refractivity contribution >= 4 is 5.91 Å². The van der Waals surface area contributed by atoms with E-state index in [4.69, 9.17) is 14.2 Å². The first-order valence-electron chi connectivity index (χ1n) is 7.04. The van der Waals surface area contributed by atoms with Gasteiger partial charge >= 0.3 is 0 Å². The van der Waals surface area contributed by atoms with E-state index in [1.807, 2.05) is 30.0 Å². The first-order valence-corrected chi connectivity index (χ1v) is 7.04. The average molecular weight is 277 g/mol. The van der Waals surface area contributed by atoms with E-state index < -0.39 is 0 Å². The Morgan fingerprint density at radius 2 is 2.00 bits per heavy atom. The molecule has 0 bridgehead atoms. The van der Waals surface area contributed by atoms with E-state index in [0.717, 1.165) is 23.5 Å². The van der Waals surface area contributed by atoms with E-state index in [1.54, 1.807) is 0 Å². The quantitative estimate of drug-likeness (QED) is 0.842. The van der Waals surface area contributed by atoms with Crippen molar-refractivity contribution in [1.82, 2.24) is 4.90 Å². The standard InChI is InChI=1S/C15H19NO4/c1-11-19-13-4-2-12(10-14(13)20-11)3-5-15(17)16-6-8-18-9-7-16/h2,4,10-11H,3,5-9H2,1H3. The molecule has 0 N–H and O–H groups in total. The Bertz CT molecular complexity index is 497. The van der Waals surface area contributed by atoms with Crippen LogP contribution in [0.1, 0.15) is 18.9 Å². The number of fused-ring (bicyclic) bond motifs is 1. The Labute approximate surface area is 118 Å². The lowest BCUT2D eigenvalue weighted by atomic mass is 10.1. The van der Waals surface area contributed by atoms with Gasteiger partial charge in [-0.15, -0.1) is 0 Å². The van der Waals surface area contributed by atoms with Crippen LogP contribution >= 0.6 is 0 Å². The molecule has 20 heavy (non-hydrogen) atoms. The Balaban J connectivity index is 1.56. The number of hydrogen-bond donors (Lipinski definition) is 0. The Morgan fingerprint density at radius 3 is 2.80 bits per heavy atom. The number of ether oxygens (including phenoxy) is 3. The van der Waals surface area contributed by atoms with Gasteiger partial charge in [0.05, 0.1) is 13.2 Å². The highest BCUT2D eigenvalue weighted by atomic mass is 16.7. The monoisotopic (exact) mass is 277 g/mol. The van der Waals surface area contributed by atoms with Crippen LogP contribution in [0.4, 0.5) is 0 Å². The molecule has 0 radical (unpaired) electrons. The number of morpholine rings is 1. The number of benzene rings is 1. The summed E-state index contributed by atoms with van der Waals surface area (Å²) in [7, 11) is 0. The molecule has 3 rings (SSSR count). The molecule has 1 aromatic rings. The fourth-order valence-electron chi connectivity index (χ4n) is 2.50. The van der Waals surface area contributed by atoms with Gasteiger partial charge in [0.25, 0.3) is 0 Å². The second-order valence-electron chi connectivity index (χ2n) is 5.08. The van der Waals surface area contributed by atoms with Crippen LogP contribution in [0.15, 0.2) is 18.2 Å². The van der Waals surface area contributed by atoms with Crippen molar-refractivity contribution in [2.75, 3.05) is 26.3 Å². The molecule has 0 aliphatic carbocycles. The summed E-state index contributed by atoms with van der Waals surface area (Å²) in [4.78, 5) is 13.9. The van der Waals surface area contributed by atoms with Crippen molar-refractivity contribution in [3.63, 3.8) is 0 Å². The summed E-state index contributed by atoms with van der Waals surface area (Å²) in [6, 6.07) is 5.87. The van der Waals surface area contributed by atoms with E-state index in [0.29, 0.717) is 32.7 Å². The number of amides is 1. The predicted molar refractivity (Wildman–Crippen MR) is 72.9 cm³/mol. The van der Waals surface area contributed by atoms with E-state index in [9.17, 15) is 4.79 Å². The summed E-state index contributed by atoms with van der Waals surface area (Å²) in [5, 5.41) is 0. The van der Waals surface area contributed by atoms with Crippen molar-refractivity contribution in [3.8, 4) is 11.5 Å². The summed E-state index contributed by atoms with van der Waals surface area (Å²) < 4.78 is 16.3. The summed E-state index contributed by atoms with van der Waals surface area (Å²) in [6.45, 7) is 4.57.